The maximum Gasteiger partial charge on any atom is 0.226 e. The van der Waals surface area contributed by atoms with Crippen LogP contribution in [0.5, 0.6) is 5.75 Å². The Balaban J connectivity index is 2.38. The lowest BCUT2D eigenvalue weighted by molar-refractivity contribution is 0.178. The first-order valence-electron chi connectivity index (χ1n) is 5.26. The summed E-state index contributed by atoms with van der Waals surface area (Å²) >= 11 is 1.59. The summed E-state index contributed by atoms with van der Waals surface area (Å²) in [6, 6.07) is 8.25. The van der Waals surface area contributed by atoms with E-state index in [1.807, 2.05) is 18.4 Å². The Bertz CT molecular complexity index is 589. The van der Waals surface area contributed by atoms with E-state index in [-0.39, 0.29) is 5.76 Å². The molecule has 1 aromatic heterocycles. The molecule has 1 heterocycles. The Labute approximate surface area is 108 Å². The van der Waals surface area contributed by atoms with Crippen LogP contribution in [0.15, 0.2) is 50.7 Å². The summed E-state index contributed by atoms with van der Waals surface area (Å²) in [6.07, 6.45) is 1.94. The van der Waals surface area contributed by atoms with Gasteiger partial charge in [-0.05, 0) is 24.0 Å². The van der Waals surface area contributed by atoms with Gasteiger partial charge in [0.1, 0.15) is 6.10 Å². The Morgan fingerprint density at radius 2 is 1.89 bits per heavy atom. The van der Waals surface area contributed by atoms with Crippen LogP contribution in [0.3, 0.4) is 0 Å². The fourth-order valence-corrected chi connectivity index (χ4v) is 1.97. The molecule has 0 amide bonds. The average molecular weight is 264 g/mol. The van der Waals surface area contributed by atoms with E-state index in [1.54, 1.807) is 23.9 Å². The predicted octanol–water partition coefficient (Wildman–Crippen LogP) is 2.15. The molecule has 2 rings (SSSR count). The minimum absolute atomic E-state index is 0.139. The van der Waals surface area contributed by atoms with Crippen LogP contribution < -0.4 is 5.43 Å². The molecular formula is C13H12O4S. The van der Waals surface area contributed by atoms with Gasteiger partial charge in [0.15, 0.2) is 5.76 Å². The molecule has 4 nitrogen and oxygen atoms in total. The average Bonchev–Trinajstić information content (AvgIpc) is 2.41. The molecule has 1 aromatic carbocycles. The van der Waals surface area contributed by atoms with E-state index in [1.165, 1.54) is 0 Å². The third kappa shape index (κ3) is 2.42. The molecule has 1 atom stereocenters. The zero-order valence-corrected chi connectivity index (χ0v) is 10.5. The number of aliphatic hydroxyl groups excluding tert-OH is 1. The normalized spacial score (nSPS) is 12.3. The summed E-state index contributed by atoms with van der Waals surface area (Å²) in [5.41, 5.74) is -0.0199. The number of aliphatic hydroxyl groups is 1. The lowest BCUT2D eigenvalue weighted by Crippen LogP contribution is -2.06. The van der Waals surface area contributed by atoms with Crippen molar-refractivity contribution in [3.8, 4) is 5.75 Å². The summed E-state index contributed by atoms with van der Waals surface area (Å²) in [5.74, 6) is -0.696. The van der Waals surface area contributed by atoms with Gasteiger partial charge >= 0.3 is 0 Å². The van der Waals surface area contributed by atoms with Gasteiger partial charge in [-0.15, -0.1) is 11.8 Å². The maximum absolute atomic E-state index is 11.3. The van der Waals surface area contributed by atoms with Gasteiger partial charge in [-0.2, -0.15) is 0 Å². The molecule has 0 saturated carbocycles. The highest BCUT2D eigenvalue weighted by atomic mass is 32.2. The zero-order valence-electron chi connectivity index (χ0n) is 9.66. The second kappa shape index (κ2) is 5.29. The van der Waals surface area contributed by atoms with Crippen molar-refractivity contribution in [2.75, 3.05) is 6.26 Å². The van der Waals surface area contributed by atoms with Crippen molar-refractivity contribution in [1.82, 2.24) is 0 Å². The molecule has 2 N–H and O–H groups in total. The van der Waals surface area contributed by atoms with Crippen molar-refractivity contribution in [3.05, 3.63) is 58.1 Å². The van der Waals surface area contributed by atoms with Crippen molar-refractivity contribution < 1.29 is 14.6 Å². The highest BCUT2D eigenvalue weighted by Crippen LogP contribution is 2.27. The molecular weight excluding hydrogens is 252 g/mol. The van der Waals surface area contributed by atoms with Crippen LogP contribution in [-0.2, 0) is 0 Å². The van der Waals surface area contributed by atoms with Crippen molar-refractivity contribution >= 4 is 11.8 Å². The van der Waals surface area contributed by atoms with Crippen LogP contribution in [0.2, 0.25) is 0 Å². The third-order valence-electron chi connectivity index (χ3n) is 2.56. The van der Waals surface area contributed by atoms with Crippen molar-refractivity contribution in [3.63, 3.8) is 0 Å². The molecule has 0 aliphatic heterocycles. The van der Waals surface area contributed by atoms with E-state index in [2.05, 4.69) is 0 Å². The number of hydrogen-bond acceptors (Lipinski definition) is 5. The summed E-state index contributed by atoms with van der Waals surface area (Å²) in [6.45, 7) is 0. The van der Waals surface area contributed by atoms with Gasteiger partial charge in [0, 0.05) is 11.0 Å². The molecule has 0 aliphatic carbocycles. The van der Waals surface area contributed by atoms with Crippen molar-refractivity contribution in [2.24, 2.45) is 0 Å². The first-order chi connectivity index (χ1) is 8.63. The van der Waals surface area contributed by atoms with Crippen LogP contribution >= 0.6 is 11.8 Å². The van der Waals surface area contributed by atoms with E-state index in [9.17, 15) is 15.0 Å². The Hall–Kier alpha value is -1.72. The molecule has 1 unspecified atom stereocenters. The van der Waals surface area contributed by atoms with Crippen LogP contribution in [-0.4, -0.2) is 16.5 Å². The van der Waals surface area contributed by atoms with Crippen LogP contribution in [0.1, 0.15) is 17.4 Å². The Kier molecular flexibility index (Phi) is 3.74. The zero-order chi connectivity index (χ0) is 13.1. The molecule has 0 radical (unpaired) electrons. The quantitative estimate of drug-likeness (QED) is 0.831. The molecule has 0 bridgehead atoms. The van der Waals surface area contributed by atoms with E-state index in [0.717, 1.165) is 17.2 Å². The fraction of sp³-hybridized carbons (Fsp3) is 0.154. The minimum atomic E-state index is -1.16. The van der Waals surface area contributed by atoms with Crippen LogP contribution in [0.4, 0.5) is 0 Å². The van der Waals surface area contributed by atoms with Crippen molar-refractivity contribution in [2.45, 2.75) is 11.0 Å². The van der Waals surface area contributed by atoms with Crippen molar-refractivity contribution in [1.29, 1.82) is 0 Å². The maximum atomic E-state index is 11.3. The molecule has 0 fully saturated rings. The largest absolute Gasteiger partial charge is 0.502 e. The van der Waals surface area contributed by atoms with Gasteiger partial charge in [0.05, 0.1) is 6.26 Å². The fourth-order valence-electron chi connectivity index (χ4n) is 1.56. The minimum Gasteiger partial charge on any atom is -0.502 e. The standard InChI is InChI=1S/C13H12O4S/c1-18-9-4-2-8(3-5-9)11(15)13-12(16)10(14)6-7-17-13/h2-7,11,15-16H,1H3. The molecule has 94 valence electrons. The molecule has 2 aromatic rings. The van der Waals surface area contributed by atoms with Gasteiger partial charge in [0.2, 0.25) is 11.2 Å². The SMILES string of the molecule is CSc1ccc(C(O)c2occc(=O)c2O)cc1. The van der Waals surface area contributed by atoms with Gasteiger partial charge in [0.25, 0.3) is 0 Å². The predicted molar refractivity (Wildman–Crippen MR) is 68.9 cm³/mol. The second-order valence-corrected chi connectivity index (χ2v) is 4.55. The van der Waals surface area contributed by atoms with E-state index >= 15 is 0 Å². The second-order valence-electron chi connectivity index (χ2n) is 3.67. The number of rotatable bonds is 3. The monoisotopic (exact) mass is 264 g/mol. The summed E-state index contributed by atoms with van der Waals surface area (Å²) in [7, 11) is 0. The molecule has 18 heavy (non-hydrogen) atoms. The topological polar surface area (TPSA) is 70.7 Å². The summed E-state index contributed by atoms with van der Waals surface area (Å²) in [5, 5.41) is 19.6. The third-order valence-corrected chi connectivity index (χ3v) is 3.30. The first-order valence-corrected chi connectivity index (χ1v) is 6.48. The number of aromatic hydroxyl groups is 1. The van der Waals surface area contributed by atoms with E-state index in [4.69, 9.17) is 4.42 Å². The smallest absolute Gasteiger partial charge is 0.226 e. The number of thioether (sulfide) groups is 1. The first kappa shape index (κ1) is 12.7. The van der Waals surface area contributed by atoms with Crippen LogP contribution in [0.25, 0.3) is 0 Å². The Morgan fingerprint density at radius 3 is 2.50 bits per heavy atom. The van der Waals surface area contributed by atoms with E-state index < -0.39 is 17.3 Å². The summed E-state index contributed by atoms with van der Waals surface area (Å²) in [4.78, 5) is 12.3. The lowest BCUT2D eigenvalue weighted by atomic mass is 10.1. The number of hydrogen-bond donors (Lipinski definition) is 2. The van der Waals surface area contributed by atoms with Gasteiger partial charge in [-0.1, -0.05) is 12.1 Å². The molecule has 0 aliphatic rings. The van der Waals surface area contributed by atoms with Gasteiger partial charge in [-0.25, -0.2) is 0 Å². The van der Waals surface area contributed by atoms with Gasteiger partial charge in [-0.3, -0.25) is 4.79 Å². The molecule has 5 heteroatoms. The van der Waals surface area contributed by atoms with Gasteiger partial charge < -0.3 is 14.6 Å². The molecule has 0 saturated heterocycles. The molecule has 0 spiro atoms. The highest BCUT2D eigenvalue weighted by molar-refractivity contribution is 7.98. The van der Waals surface area contributed by atoms with Crippen LogP contribution in [0, 0.1) is 0 Å². The Morgan fingerprint density at radius 1 is 1.22 bits per heavy atom. The number of benzene rings is 1. The lowest BCUT2D eigenvalue weighted by Gasteiger charge is -2.11. The van der Waals surface area contributed by atoms with E-state index in [0.29, 0.717) is 5.56 Å². The highest BCUT2D eigenvalue weighted by Gasteiger charge is 2.19. The summed E-state index contributed by atoms with van der Waals surface area (Å²) < 4.78 is 5.01.